The lowest BCUT2D eigenvalue weighted by molar-refractivity contribution is -0.136. The smallest absolute Gasteiger partial charge is 0.409 e. The fraction of sp³-hybridized carbons (Fsp3) is 0.548. The third-order valence-electron chi connectivity index (χ3n) is 8.62. The number of benzene rings is 1. The second kappa shape index (κ2) is 13.0. The van der Waals surface area contributed by atoms with Gasteiger partial charge >= 0.3 is 6.09 Å². The molecule has 3 aliphatic rings. The molecule has 3 N–H and O–H groups in total. The van der Waals surface area contributed by atoms with Crippen LogP contribution in [0.1, 0.15) is 44.1 Å². The van der Waals surface area contributed by atoms with Crippen molar-refractivity contribution in [1.29, 1.82) is 0 Å². The summed E-state index contributed by atoms with van der Waals surface area (Å²) in [6, 6.07) is 10.3. The normalized spacial score (nSPS) is 21.8. The summed E-state index contributed by atoms with van der Waals surface area (Å²) in [6.45, 7) is 8.93. The lowest BCUT2D eigenvalue weighted by Gasteiger charge is -2.36. The van der Waals surface area contributed by atoms with Crippen molar-refractivity contribution in [3.63, 3.8) is 0 Å². The molecule has 3 atom stereocenters. The van der Waals surface area contributed by atoms with Crippen molar-refractivity contribution >= 4 is 29.6 Å². The van der Waals surface area contributed by atoms with E-state index in [1.165, 1.54) is 0 Å². The molecule has 3 fully saturated rings. The van der Waals surface area contributed by atoms with Crippen molar-refractivity contribution in [1.82, 2.24) is 25.1 Å². The van der Waals surface area contributed by atoms with Gasteiger partial charge < -0.3 is 30.5 Å². The number of anilines is 1. The van der Waals surface area contributed by atoms with Gasteiger partial charge in [0.25, 0.3) is 5.91 Å². The molecule has 4 amide bonds. The Hall–Kier alpha value is -4.22. The first-order valence-electron chi connectivity index (χ1n) is 15.2. The minimum Gasteiger partial charge on any atom is -0.449 e. The van der Waals surface area contributed by atoms with Crippen LogP contribution in [0.25, 0.3) is 11.4 Å². The molecule has 2 aliphatic heterocycles. The molecule has 1 saturated carbocycles. The molecule has 2 saturated heterocycles. The molecule has 0 radical (unpaired) electrons. The molecule has 12 heteroatoms. The lowest BCUT2D eigenvalue weighted by atomic mass is 10.0. The number of carbonyl (C=O) groups excluding carboxylic acids is 4. The van der Waals surface area contributed by atoms with Gasteiger partial charge in [0.1, 0.15) is 17.6 Å². The van der Waals surface area contributed by atoms with E-state index in [0.717, 1.165) is 18.4 Å². The molecule has 2 aromatic rings. The number of nitrogens with two attached hydrogens (primary N) is 1. The van der Waals surface area contributed by atoms with Gasteiger partial charge in [-0.3, -0.25) is 14.4 Å². The Kier molecular flexibility index (Phi) is 9.12. The van der Waals surface area contributed by atoms with Gasteiger partial charge in [-0.05, 0) is 24.2 Å². The number of rotatable bonds is 10. The highest BCUT2D eigenvalue weighted by Crippen LogP contribution is 2.52. The maximum atomic E-state index is 13.7. The summed E-state index contributed by atoms with van der Waals surface area (Å²) in [5.41, 5.74) is 6.46. The number of hydrogen-bond donors (Lipinski definition) is 2. The number of primary amides is 1. The van der Waals surface area contributed by atoms with Crippen LogP contribution in [0, 0.1) is 23.7 Å². The van der Waals surface area contributed by atoms with Crippen LogP contribution in [-0.4, -0.2) is 95.5 Å². The van der Waals surface area contributed by atoms with E-state index in [4.69, 9.17) is 15.5 Å². The highest BCUT2D eigenvalue weighted by atomic mass is 16.6. The molecule has 0 bridgehead atoms. The van der Waals surface area contributed by atoms with Crippen molar-refractivity contribution in [3.05, 3.63) is 42.1 Å². The average molecular weight is 592 g/mol. The summed E-state index contributed by atoms with van der Waals surface area (Å²) < 4.78 is 5.31. The molecule has 230 valence electrons. The second-order valence-corrected chi connectivity index (χ2v) is 11.9. The predicted octanol–water partition coefficient (Wildman–Crippen LogP) is 2.15. The maximum Gasteiger partial charge on any atom is 0.409 e. The van der Waals surface area contributed by atoms with E-state index in [2.05, 4.69) is 15.2 Å². The van der Waals surface area contributed by atoms with Crippen LogP contribution >= 0.6 is 0 Å². The molecule has 43 heavy (non-hydrogen) atoms. The Bertz CT molecular complexity index is 1330. The van der Waals surface area contributed by atoms with Gasteiger partial charge in [0.15, 0.2) is 5.82 Å². The number of nitrogens with one attached hydrogen (secondary N) is 1. The molecule has 0 spiro atoms. The SMILES string of the molecule is CCCCOC(=O)N1CCN(C(=O)[C@@H](NC(=O)c2cc(N3CC4C(C3)C4C(N)=O)nc(-c3ccccc3)n2)C(C)C)CC1. The van der Waals surface area contributed by atoms with Gasteiger partial charge in [-0.2, -0.15) is 0 Å². The summed E-state index contributed by atoms with van der Waals surface area (Å²) in [7, 11) is 0. The summed E-state index contributed by atoms with van der Waals surface area (Å²) in [5.74, 6) is 0.203. The van der Waals surface area contributed by atoms with Gasteiger partial charge in [-0.15, -0.1) is 0 Å². The van der Waals surface area contributed by atoms with E-state index in [-0.39, 0.29) is 47.3 Å². The molecule has 1 aliphatic carbocycles. The van der Waals surface area contributed by atoms with Crippen LogP contribution < -0.4 is 16.0 Å². The number of fused-ring (bicyclic) bond motifs is 1. The minimum absolute atomic E-state index is 0.0965. The van der Waals surface area contributed by atoms with Crippen LogP contribution in [0.15, 0.2) is 36.4 Å². The topological polar surface area (TPSA) is 151 Å². The first-order valence-corrected chi connectivity index (χ1v) is 15.2. The number of hydrogen-bond acceptors (Lipinski definition) is 8. The molecule has 5 rings (SSSR count). The largest absolute Gasteiger partial charge is 0.449 e. The summed E-state index contributed by atoms with van der Waals surface area (Å²) in [6.07, 6.45) is 1.40. The molecule has 12 nitrogen and oxygen atoms in total. The van der Waals surface area contributed by atoms with Crippen LogP contribution in [0.5, 0.6) is 0 Å². The standard InChI is InChI=1S/C31H41N7O5/c1-4-5-15-43-31(42)37-13-11-36(12-14-37)30(41)26(19(2)3)35-29(40)23-16-24(34-28(33-23)20-9-7-6-8-10-20)38-17-21-22(18-38)25(21)27(32)39/h6-10,16,19,21-22,25-26H,4-5,11-15,17-18H2,1-3H3,(H2,32,39)(H,35,40)/t21?,22?,25?,26-/m0/s1. The van der Waals surface area contributed by atoms with Crippen molar-refractivity contribution in [2.75, 3.05) is 50.8 Å². The van der Waals surface area contributed by atoms with Crippen LogP contribution in [0.3, 0.4) is 0 Å². The molecule has 1 aromatic carbocycles. The maximum absolute atomic E-state index is 13.7. The summed E-state index contributed by atoms with van der Waals surface area (Å²) in [4.78, 5) is 66.0. The first-order chi connectivity index (χ1) is 20.7. The van der Waals surface area contributed by atoms with Crippen LogP contribution in [0.2, 0.25) is 0 Å². The highest BCUT2D eigenvalue weighted by molar-refractivity contribution is 5.97. The van der Waals surface area contributed by atoms with Gasteiger partial charge in [-0.25, -0.2) is 14.8 Å². The van der Waals surface area contributed by atoms with Crippen molar-refractivity contribution in [2.24, 2.45) is 29.4 Å². The van der Waals surface area contributed by atoms with Gasteiger partial charge in [-0.1, -0.05) is 57.5 Å². The Balaban J connectivity index is 1.28. The highest BCUT2D eigenvalue weighted by Gasteiger charge is 2.59. The Morgan fingerprint density at radius 3 is 2.26 bits per heavy atom. The third kappa shape index (κ3) is 6.73. The quantitative estimate of drug-likeness (QED) is 0.399. The van der Waals surface area contributed by atoms with E-state index in [0.29, 0.717) is 57.5 Å². The van der Waals surface area contributed by atoms with Crippen LogP contribution in [-0.2, 0) is 14.3 Å². The lowest BCUT2D eigenvalue weighted by Crippen LogP contribution is -2.57. The molecule has 1 aromatic heterocycles. The number of nitrogens with zero attached hydrogens (tertiary/aromatic N) is 5. The number of ether oxygens (including phenoxy) is 1. The van der Waals surface area contributed by atoms with Crippen LogP contribution in [0.4, 0.5) is 10.6 Å². The van der Waals surface area contributed by atoms with E-state index in [1.54, 1.807) is 15.9 Å². The number of piperazine rings is 1. The third-order valence-corrected chi connectivity index (χ3v) is 8.62. The van der Waals surface area contributed by atoms with E-state index in [9.17, 15) is 19.2 Å². The van der Waals surface area contributed by atoms with Gasteiger partial charge in [0.05, 0.1) is 6.61 Å². The summed E-state index contributed by atoms with van der Waals surface area (Å²) in [5, 5.41) is 2.93. The Morgan fingerprint density at radius 1 is 1.00 bits per heavy atom. The monoisotopic (exact) mass is 591 g/mol. The molecule has 2 unspecified atom stereocenters. The Labute approximate surface area is 252 Å². The van der Waals surface area contributed by atoms with Crippen molar-refractivity contribution in [3.8, 4) is 11.4 Å². The summed E-state index contributed by atoms with van der Waals surface area (Å²) >= 11 is 0. The zero-order chi connectivity index (χ0) is 30.7. The minimum atomic E-state index is -0.773. The first kappa shape index (κ1) is 30.2. The number of piperidine rings is 1. The van der Waals surface area contributed by atoms with E-state index >= 15 is 0 Å². The van der Waals surface area contributed by atoms with E-state index < -0.39 is 11.9 Å². The van der Waals surface area contributed by atoms with Gasteiger partial charge in [0, 0.05) is 56.8 Å². The zero-order valence-electron chi connectivity index (χ0n) is 25.1. The average Bonchev–Trinajstić information content (AvgIpc) is 3.53. The number of carbonyl (C=O) groups is 4. The van der Waals surface area contributed by atoms with Gasteiger partial charge in [0.2, 0.25) is 11.8 Å². The zero-order valence-corrected chi connectivity index (χ0v) is 25.1. The van der Waals surface area contributed by atoms with Crippen molar-refractivity contribution < 1.29 is 23.9 Å². The fourth-order valence-corrected chi connectivity index (χ4v) is 5.99. The molecular formula is C31H41N7O5. The molecule has 3 heterocycles. The fourth-order valence-electron chi connectivity index (χ4n) is 5.99. The van der Waals surface area contributed by atoms with Crippen molar-refractivity contribution in [2.45, 2.75) is 39.7 Å². The molecular weight excluding hydrogens is 550 g/mol. The Morgan fingerprint density at radius 2 is 1.65 bits per heavy atom. The van der Waals surface area contributed by atoms with E-state index in [1.807, 2.05) is 51.1 Å². The number of unbranched alkanes of at least 4 members (excludes halogenated alkanes) is 1. The number of amides is 4. The second-order valence-electron chi connectivity index (χ2n) is 11.9. The predicted molar refractivity (Wildman–Crippen MR) is 160 cm³/mol. The number of aromatic nitrogens is 2.